The molecule has 2 nitrogen and oxygen atoms in total. The van der Waals surface area contributed by atoms with Crippen molar-refractivity contribution in [3.8, 4) is 5.75 Å². The minimum Gasteiger partial charge on any atom is -0.494 e. The zero-order valence-electron chi connectivity index (χ0n) is 14.4. The van der Waals surface area contributed by atoms with E-state index in [4.69, 9.17) is 4.74 Å². The molecule has 0 unspecified atom stereocenters. The van der Waals surface area contributed by atoms with Crippen LogP contribution in [0.25, 0.3) is 0 Å². The fraction of sp³-hybridized carbons (Fsp3) is 0.714. The van der Waals surface area contributed by atoms with Crippen molar-refractivity contribution in [2.24, 2.45) is 0 Å². The summed E-state index contributed by atoms with van der Waals surface area (Å²) < 4.78 is 5.50. The van der Waals surface area contributed by atoms with Crippen LogP contribution in [0.3, 0.4) is 0 Å². The Morgan fingerprint density at radius 2 is 1.46 bits per heavy atom. The summed E-state index contributed by atoms with van der Waals surface area (Å²) in [6.07, 6.45) is 2.83. The van der Waals surface area contributed by atoms with Gasteiger partial charge in [-0.15, -0.1) is 0 Å². The molecule has 0 atom stereocenters. The van der Waals surface area contributed by atoms with Crippen LogP contribution in [0.4, 0.5) is 0 Å². The molecule has 1 aliphatic rings. The normalized spacial score (nSPS) is 12.8. The van der Waals surface area contributed by atoms with Gasteiger partial charge in [-0.25, -0.2) is 0 Å². The average molecular weight is 414 g/mol. The van der Waals surface area contributed by atoms with E-state index in [1.807, 2.05) is 19.1 Å². The number of benzene rings is 1. The fourth-order valence-corrected chi connectivity index (χ4v) is 2.50. The molecule has 0 N–H and O–H groups in total. The Hall–Kier alpha value is 0.0839. The molecule has 24 heavy (non-hydrogen) atoms. The Kier molecular flexibility index (Phi) is 23.7. The smallest absolute Gasteiger partial charge is 0.122 e. The van der Waals surface area contributed by atoms with Crippen LogP contribution in [-0.2, 0) is 32.7 Å². The first-order valence-corrected chi connectivity index (χ1v) is 8.02. The molecule has 0 bridgehead atoms. The number of hydrogen-bond acceptors (Lipinski definition) is 2. The molecule has 1 radical (unpaired) electrons. The Morgan fingerprint density at radius 3 is 1.83 bits per heavy atom. The average Bonchev–Trinajstić information content (AvgIpc) is 2.94. The molecule has 0 aromatic heterocycles. The third-order valence-corrected chi connectivity index (χ3v) is 3.71. The maximum atomic E-state index is 5.50. The van der Waals surface area contributed by atoms with Crippen LogP contribution in [0, 0.1) is 0 Å². The van der Waals surface area contributed by atoms with Crippen LogP contribution >= 0.6 is 0 Å². The van der Waals surface area contributed by atoms with Crippen LogP contribution < -0.4 is 4.74 Å². The van der Waals surface area contributed by atoms with Crippen LogP contribution in [-0.4, -0.2) is 30.6 Å². The Bertz CT molecular complexity index is 374. The molecule has 0 spiro atoms. The second kappa shape index (κ2) is 17.9. The van der Waals surface area contributed by atoms with E-state index in [0.29, 0.717) is 5.92 Å². The summed E-state index contributed by atoms with van der Waals surface area (Å²) in [5.74, 6) is 1.56. The standard InChI is InChI=1S/C11H16O.C7H15N.3CH4.Y/c1-4-12-11-8-6-5-7-10(11)9(2)3;1-7(2)8-5-3-4-6-8;;;;/h5-9H,4H2,1-3H3;7H,3-6H2,1-2H3;3*1H4;. The Morgan fingerprint density at radius 1 is 0.958 bits per heavy atom. The molecule has 2 rings (SSSR count). The second-order valence-corrected chi connectivity index (χ2v) is 5.96. The molecular weight excluding hydrogens is 371 g/mol. The summed E-state index contributed by atoms with van der Waals surface area (Å²) in [6.45, 7) is 14.3. The van der Waals surface area contributed by atoms with Gasteiger partial charge in [0.1, 0.15) is 5.75 Å². The Labute approximate surface area is 178 Å². The SMILES string of the molecule is C.C.C.CC(C)N1CCCC1.CCOc1ccccc1C(C)C.[Y]. The summed E-state index contributed by atoms with van der Waals surface area (Å²) in [5.41, 5.74) is 1.29. The minimum absolute atomic E-state index is 0. The van der Waals surface area contributed by atoms with Gasteiger partial charge in [-0.05, 0) is 64.3 Å². The van der Waals surface area contributed by atoms with Crippen molar-refractivity contribution in [3.05, 3.63) is 29.8 Å². The maximum Gasteiger partial charge on any atom is 0.122 e. The van der Waals surface area contributed by atoms with E-state index in [-0.39, 0.29) is 55.0 Å². The van der Waals surface area contributed by atoms with Crippen LogP contribution in [0.15, 0.2) is 24.3 Å². The van der Waals surface area contributed by atoms with Gasteiger partial charge in [0.05, 0.1) is 6.61 Å². The van der Waals surface area contributed by atoms with Crippen molar-refractivity contribution in [3.63, 3.8) is 0 Å². The van der Waals surface area contributed by atoms with Gasteiger partial charge in [0.2, 0.25) is 0 Å². The first kappa shape index (κ1) is 31.8. The van der Waals surface area contributed by atoms with Crippen molar-refractivity contribution in [2.45, 2.75) is 81.7 Å². The topological polar surface area (TPSA) is 12.5 Å². The second-order valence-electron chi connectivity index (χ2n) is 5.96. The number of ether oxygens (including phenoxy) is 1. The third-order valence-electron chi connectivity index (χ3n) is 3.71. The third kappa shape index (κ3) is 11.6. The van der Waals surface area contributed by atoms with E-state index < -0.39 is 0 Å². The van der Waals surface area contributed by atoms with Gasteiger partial charge in [-0.1, -0.05) is 54.3 Å². The molecule has 1 aromatic rings. The predicted octanol–water partition coefficient (Wildman–Crippen LogP) is 6.61. The van der Waals surface area contributed by atoms with Gasteiger partial charge < -0.3 is 9.64 Å². The molecule has 141 valence electrons. The van der Waals surface area contributed by atoms with Gasteiger partial charge in [-0.2, -0.15) is 0 Å². The van der Waals surface area contributed by atoms with Crippen molar-refractivity contribution < 1.29 is 37.4 Å². The van der Waals surface area contributed by atoms with Gasteiger partial charge in [0, 0.05) is 38.8 Å². The molecule has 3 heteroatoms. The number of rotatable bonds is 4. The van der Waals surface area contributed by atoms with E-state index in [2.05, 4.69) is 44.7 Å². The summed E-state index contributed by atoms with van der Waals surface area (Å²) >= 11 is 0. The molecule has 0 aliphatic carbocycles. The molecule has 1 fully saturated rings. The van der Waals surface area contributed by atoms with Crippen LogP contribution in [0.2, 0.25) is 0 Å². The van der Waals surface area contributed by atoms with Gasteiger partial charge in [-0.3, -0.25) is 0 Å². The monoisotopic (exact) mass is 414 g/mol. The molecule has 1 aromatic carbocycles. The predicted molar refractivity (Wildman–Crippen MR) is 108 cm³/mol. The van der Waals surface area contributed by atoms with E-state index in [9.17, 15) is 0 Å². The fourth-order valence-electron chi connectivity index (χ4n) is 2.50. The Balaban J connectivity index is -0.000000150. The van der Waals surface area contributed by atoms with Crippen molar-refractivity contribution >= 4 is 0 Å². The first-order chi connectivity index (χ1) is 9.56. The quantitative estimate of drug-likeness (QED) is 0.550. The zero-order valence-corrected chi connectivity index (χ0v) is 17.3. The van der Waals surface area contributed by atoms with Gasteiger partial charge >= 0.3 is 0 Å². The zero-order chi connectivity index (χ0) is 15.0. The molecule has 0 saturated carbocycles. The van der Waals surface area contributed by atoms with E-state index in [1.165, 1.54) is 31.5 Å². The summed E-state index contributed by atoms with van der Waals surface area (Å²) in [7, 11) is 0. The summed E-state index contributed by atoms with van der Waals surface area (Å²) in [5, 5.41) is 0. The largest absolute Gasteiger partial charge is 0.494 e. The molecular formula is C21H43NOY. The van der Waals surface area contributed by atoms with Gasteiger partial charge in [0.15, 0.2) is 0 Å². The molecule has 1 saturated heterocycles. The van der Waals surface area contributed by atoms with Crippen molar-refractivity contribution in [1.29, 1.82) is 0 Å². The first-order valence-electron chi connectivity index (χ1n) is 8.02. The number of para-hydroxylation sites is 1. The van der Waals surface area contributed by atoms with E-state index in [0.717, 1.165) is 18.4 Å². The molecule has 1 heterocycles. The number of hydrogen-bond donors (Lipinski definition) is 0. The summed E-state index contributed by atoms with van der Waals surface area (Å²) in [4.78, 5) is 2.53. The summed E-state index contributed by atoms with van der Waals surface area (Å²) in [6, 6.07) is 8.99. The van der Waals surface area contributed by atoms with Crippen molar-refractivity contribution in [1.82, 2.24) is 4.90 Å². The molecule has 1 aliphatic heterocycles. The van der Waals surface area contributed by atoms with Crippen molar-refractivity contribution in [2.75, 3.05) is 19.7 Å². The van der Waals surface area contributed by atoms with Crippen LogP contribution in [0.5, 0.6) is 5.75 Å². The number of likely N-dealkylation sites (tertiary alicyclic amines) is 1. The maximum absolute atomic E-state index is 5.50. The minimum atomic E-state index is 0. The van der Waals surface area contributed by atoms with E-state index >= 15 is 0 Å². The van der Waals surface area contributed by atoms with Gasteiger partial charge in [0.25, 0.3) is 0 Å². The number of nitrogens with zero attached hydrogens (tertiary/aromatic N) is 1. The van der Waals surface area contributed by atoms with Crippen LogP contribution in [0.1, 0.15) is 81.2 Å². The van der Waals surface area contributed by atoms with E-state index in [1.54, 1.807) is 0 Å². The molecule has 0 amide bonds.